The maximum atomic E-state index is 13.8. The van der Waals surface area contributed by atoms with E-state index in [9.17, 15) is 28.8 Å². The molecule has 0 aliphatic carbocycles. The molecule has 0 saturated carbocycles. The molecule has 2 aliphatic rings. The van der Waals surface area contributed by atoms with Crippen molar-refractivity contribution in [3.05, 3.63) is 140 Å². The third-order valence-corrected chi connectivity index (χ3v) is 13.2. The van der Waals surface area contributed by atoms with Crippen molar-refractivity contribution in [2.75, 3.05) is 137 Å². The number of benzene rings is 4. The number of pyridine rings is 2. The number of nitrogens with one attached hydrogen (secondary N) is 1. The van der Waals surface area contributed by atoms with Crippen LogP contribution in [-0.4, -0.2) is 180 Å². The number of aryl methyl sites for hydroxylation is 1. The van der Waals surface area contributed by atoms with Crippen LogP contribution in [0.1, 0.15) is 62.3 Å². The van der Waals surface area contributed by atoms with Crippen LogP contribution in [0.2, 0.25) is 0 Å². The third kappa shape index (κ3) is 15.4. The number of piperazine rings is 2. The van der Waals surface area contributed by atoms with E-state index in [4.69, 9.17) is 30.5 Å². The number of carbonyl (C=O) groups excluding carboxylic acids is 4. The van der Waals surface area contributed by atoms with Gasteiger partial charge in [-0.3, -0.25) is 19.2 Å². The van der Waals surface area contributed by atoms with E-state index in [-0.39, 0.29) is 72.7 Å². The Kier molecular flexibility index (Phi) is 23.4. The summed E-state index contributed by atoms with van der Waals surface area (Å²) in [5.74, 6) is 0.732. The molecule has 77 heavy (non-hydrogen) atoms. The van der Waals surface area contributed by atoms with E-state index in [1.807, 2.05) is 91.1 Å². The number of halogens is 1. The number of aromatic nitrogens is 2. The number of carbonyl (C=O) groups is 4. The number of rotatable bonds is 15. The Morgan fingerprint density at radius 1 is 0.623 bits per heavy atom. The van der Waals surface area contributed by atoms with Crippen LogP contribution in [0.5, 0.6) is 11.5 Å². The van der Waals surface area contributed by atoms with E-state index < -0.39 is 17.5 Å². The van der Waals surface area contributed by atoms with Crippen LogP contribution in [0, 0.1) is 6.92 Å². The molecular weight excluding hydrogens is 1020 g/mol. The molecule has 2 saturated heterocycles. The summed E-state index contributed by atoms with van der Waals surface area (Å²) in [6.07, 6.45) is 0. The molecular formula is C57H72ClN8NaO10. The van der Waals surface area contributed by atoms with Crippen LogP contribution in [0.3, 0.4) is 0 Å². The van der Waals surface area contributed by atoms with E-state index in [1.54, 1.807) is 97.0 Å². The zero-order chi connectivity index (χ0) is 55.1. The van der Waals surface area contributed by atoms with E-state index >= 15 is 0 Å². The largest absolute Gasteiger partial charge is 1.00 e. The Balaban J connectivity index is 0.000000301. The third-order valence-electron chi connectivity index (χ3n) is 13.0. The Morgan fingerprint density at radius 2 is 1.09 bits per heavy atom. The fraction of sp³-hybridized carbons (Fsp3) is 0.404. The molecule has 2 aliphatic heterocycles. The van der Waals surface area contributed by atoms with Gasteiger partial charge in [0.1, 0.15) is 22.6 Å². The smallest absolute Gasteiger partial charge is 1.00 e. The summed E-state index contributed by atoms with van der Waals surface area (Å²) >= 11 is 5.35. The quantitative estimate of drug-likeness (QED) is 0.0896. The van der Waals surface area contributed by atoms with Crippen molar-refractivity contribution < 1.29 is 69.1 Å². The molecule has 1 N–H and O–H groups in total. The SMILES string of the molecule is CCOC(=O)c1c(N2CCN(C(=O)c3ccc(OC)cc3)CC2)c2cc(C)ccc2n(CCN(C)C)c1=O.CCOC(=O)c1c(N2CCN(C(=O)c3ccc(OC)cc3)CC2)c2ccccc2[nH]c1=O.CN(C)CCCl.[H-].[Na+]. The predicted molar refractivity (Wildman–Crippen MR) is 301 cm³/mol. The average Bonchev–Trinajstić information content (AvgIpc) is 3.47. The molecule has 6 aromatic rings. The number of H-pyrrole nitrogens is 1. The Morgan fingerprint density at radius 3 is 1.53 bits per heavy atom. The van der Waals surface area contributed by atoms with E-state index in [0.717, 1.165) is 34.3 Å². The molecule has 2 fully saturated rings. The number of esters is 2. The van der Waals surface area contributed by atoms with Gasteiger partial charge in [0.2, 0.25) is 0 Å². The van der Waals surface area contributed by atoms with Crippen LogP contribution in [0.4, 0.5) is 11.4 Å². The first-order chi connectivity index (χ1) is 36.5. The number of hydrogen-bond donors (Lipinski definition) is 1. The van der Waals surface area contributed by atoms with E-state index in [2.05, 4.69) is 4.98 Å². The number of likely N-dealkylation sites (N-methyl/N-ethyl adjacent to an activating group) is 1. The molecule has 2 amide bonds. The fourth-order valence-corrected chi connectivity index (χ4v) is 9.35. The molecule has 4 aromatic carbocycles. The van der Waals surface area contributed by atoms with Gasteiger partial charge in [-0.1, -0.05) is 29.8 Å². The van der Waals surface area contributed by atoms with Crippen molar-refractivity contribution in [3.8, 4) is 11.5 Å². The number of methoxy groups -OCH3 is 2. The van der Waals surface area contributed by atoms with Crippen LogP contribution in [0.15, 0.2) is 101 Å². The molecule has 20 heteroatoms. The summed E-state index contributed by atoms with van der Waals surface area (Å²) in [6.45, 7) is 11.7. The van der Waals surface area contributed by atoms with Crippen LogP contribution < -0.4 is 59.9 Å². The summed E-state index contributed by atoms with van der Waals surface area (Å²) in [5.41, 5.74) is 4.01. The number of amides is 2. The summed E-state index contributed by atoms with van der Waals surface area (Å²) < 4.78 is 22.6. The van der Waals surface area contributed by atoms with Crippen molar-refractivity contribution in [1.29, 1.82) is 0 Å². The van der Waals surface area contributed by atoms with Crippen molar-refractivity contribution >= 4 is 68.5 Å². The number of para-hydroxylation sites is 1. The maximum Gasteiger partial charge on any atom is 1.00 e. The van der Waals surface area contributed by atoms with Crippen molar-refractivity contribution in [3.63, 3.8) is 0 Å². The maximum absolute atomic E-state index is 13.8. The number of hydrogen-bond acceptors (Lipinski definition) is 14. The molecule has 18 nitrogen and oxygen atoms in total. The topological polar surface area (TPSA) is 179 Å². The number of nitrogens with zero attached hydrogens (tertiary/aromatic N) is 7. The predicted octanol–water partition coefficient (Wildman–Crippen LogP) is 3.60. The number of fused-ring (bicyclic) bond motifs is 2. The zero-order valence-electron chi connectivity index (χ0n) is 47.2. The Hall–Kier alpha value is -6.41. The minimum Gasteiger partial charge on any atom is -1.00 e. The molecule has 0 unspecified atom stereocenters. The number of aromatic amines is 1. The first-order valence-corrected chi connectivity index (χ1v) is 26.0. The summed E-state index contributed by atoms with van der Waals surface area (Å²) in [4.78, 5) is 92.9. The molecule has 4 heterocycles. The van der Waals surface area contributed by atoms with Gasteiger partial charge in [-0.25, -0.2) is 9.59 Å². The van der Waals surface area contributed by atoms with Gasteiger partial charge in [-0.2, -0.15) is 0 Å². The fourth-order valence-electron chi connectivity index (χ4n) is 9.01. The van der Waals surface area contributed by atoms with Gasteiger partial charge in [-0.05, 0) is 116 Å². The van der Waals surface area contributed by atoms with Crippen LogP contribution >= 0.6 is 11.6 Å². The summed E-state index contributed by atoms with van der Waals surface area (Å²) in [5, 5.41) is 1.60. The van der Waals surface area contributed by atoms with Crippen molar-refractivity contribution in [2.45, 2.75) is 27.3 Å². The van der Waals surface area contributed by atoms with Crippen LogP contribution in [-0.2, 0) is 16.0 Å². The normalized spacial score (nSPS) is 13.3. The molecule has 0 bridgehead atoms. The van der Waals surface area contributed by atoms with Gasteiger partial charge in [0, 0.05) is 99.8 Å². The molecule has 408 valence electrons. The standard InChI is InChI=1S/C29H36N4O5.C24H25N3O5.C4H10ClN.Na.H/c1-6-38-29(36)25-26(23-19-20(2)7-12-24(23)33(28(25)35)18-13-30(3)4)31-14-16-32(17-15-31)27(34)21-8-10-22(37-5)11-9-21;1-3-32-24(30)20-21(18-6-4-5-7-19(18)25-22(20)28)26-12-14-27(15-13-26)23(29)16-8-10-17(31-2)11-9-16;1-6(2)4-3-5;;/h7-12,19H,6,13-18H2,1-5H3;4-11H,3,12-15H2,1-2H3,(H,25,28);3-4H2,1-2H3;;/q;;;+1;-1. The van der Waals surface area contributed by atoms with Gasteiger partial charge in [0.05, 0.1) is 49.8 Å². The Bertz CT molecular complexity index is 3090. The van der Waals surface area contributed by atoms with Gasteiger partial charge in [-0.15, -0.1) is 11.6 Å². The molecule has 0 atom stereocenters. The number of alkyl halides is 1. The summed E-state index contributed by atoms with van der Waals surface area (Å²) in [6, 6.07) is 27.4. The second-order valence-electron chi connectivity index (χ2n) is 18.7. The number of ether oxygens (including phenoxy) is 4. The average molecular weight is 1090 g/mol. The monoisotopic (exact) mass is 1090 g/mol. The summed E-state index contributed by atoms with van der Waals surface area (Å²) in [7, 11) is 11.1. The van der Waals surface area contributed by atoms with Gasteiger partial charge < -0.3 is 59.3 Å². The van der Waals surface area contributed by atoms with Gasteiger partial charge >= 0.3 is 41.5 Å². The molecule has 0 radical (unpaired) electrons. The van der Waals surface area contributed by atoms with E-state index in [0.29, 0.717) is 105 Å². The van der Waals surface area contributed by atoms with Crippen molar-refractivity contribution in [1.82, 2.24) is 29.2 Å². The Labute approximate surface area is 479 Å². The first-order valence-electron chi connectivity index (χ1n) is 25.4. The second-order valence-corrected chi connectivity index (χ2v) is 19.1. The second kappa shape index (κ2) is 29.4. The van der Waals surface area contributed by atoms with Gasteiger partial charge in [0.15, 0.2) is 0 Å². The number of anilines is 2. The zero-order valence-corrected chi connectivity index (χ0v) is 48.9. The first kappa shape index (κ1) is 61.4. The van der Waals surface area contributed by atoms with E-state index in [1.165, 1.54) is 0 Å². The van der Waals surface area contributed by atoms with Gasteiger partial charge in [0.25, 0.3) is 22.9 Å². The minimum absolute atomic E-state index is 0. The molecule has 0 spiro atoms. The van der Waals surface area contributed by atoms with Crippen molar-refractivity contribution in [2.24, 2.45) is 0 Å². The molecule has 2 aromatic heterocycles. The molecule has 8 rings (SSSR count). The minimum atomic E-state index is -0.647. The van der Waals surface area contributed by atoms with Crippen LogP contribution in [0.25, 0.3) is 21.8 Å².